The number of nitrogens with zero attached hydrogens (tertiary/aromatic N) is 3. The molecule has 17 heavy (non-hydrogen) atoms. The van der Waals surface area contributed by atoms with Crippen LogP contribution in [0.25, 0.3) is 11.0 Å². The third-order valence-corrected chi connectivity index (χ3v) is 3.14. The molecule has 0 unspecified atom stereocenters. The first-order valence-corrected chi connectivity index (χ1v) is 6.26. The van der Waals surface area contributed by atoms with Gasteiger partial charge in [0.2, 0.25) is 0 Å². The van der Waals surface area contributed by atoms with Crippen LogP contribution in [0.3, 0.4) is 0 Å². The summed E-state index contributed by atoms with van der Waals surface area (Å²) in [5.74, 6) is 1.12. The molecule has 0 saturated carbocycles. The molecule has 0 aromatic carbocycles. The van der Waals surface area contributed by atoms with Crippen LogP contribution in [0.5, 0.6) is 0 Å². The first kappa shape index (κ1) is 12.1. The molecule has 2 aromatic rings. The second kappa shape index (κ2) is 4.14. The van der Waals surface area contributed by atoms with Crippen LogP contribution in [0, 0.1) is 6.92 Å². The molecule has 0 amide bonds. The quantitative estimate of drug-likeness (QED) is 0.786. The van der Waals surface area contributed by atoms with Gasteiger partial charge in [0.15, 0.2) is 5.82 Å². The number of fused-ring (bicyclic) bond motifs is 1. The molecule has 4 nitrogen and oxygen atoms in total. The lowest BCUT2D eigenvalue weighted by atomic mass is 10.3. The van der Waals surface area contributed by atoms with E-state index in [2.05, 4.69) is 35.7 Å². The summed E-state index contributed by atoms with van der Waals surface area (Å²) in [5.41, 5.74) is 7.30. The Balaban J connectivity index is 2.50. The Hall–Kier alpha value is -1.36. The predicted molar refractivity (Wildman–Crippen MR) is 72.1 cm³/mol. The van der Waals surface area contributed by atoms with E-state index < -0.39 is 0 Å². The summed E-state index contributed by atoms with van der Waals surface area (Å²) in [4.78, 5) is 13.9. The lowest BCUT2D eigenvalue weighted by Gasteiger charge is -2.17. The van der Waals surface area contributed by atoms with Crippen molar-refractivity contribution in [3.63, 3.8) is 0 Å². The van der Waals surface area contributed by atoms with Gasteiger partial charge in [-0.15, -0.1) is 11.8 Å². The van der Waals surface area contributed by atoms with Gasteiger partial charge in [0.1, 0.15) is 11.3 Å². The number of nitrogen functional groups attached to an aromatic ring is 1. The largest absolute Gasteiger partial charge is 0.382 e. The van der Waals surface area contributed by atoms with Crippen LogP contribution < -0.4 is 5.73 Å². The van der Waals surface area contributed by atoms with Gasteiger partial charge in [0, 0.05) is 15.8 Å². The SMILES string of the molecule is Cc1nc(N)c2ncc(SC(C)(C)C)cc2n1. The van der Waals surface area contributed by atoms with Gasteiger partial charge in [0.25, 0.3) is 0 Å². The Labute approximate surface area is 105 Å². The summed E-state index contributed by atoms with van der Waals surface area (Å²) in [6, 6.07) is 2.02. The van der Waals surface area contributed by atoms with Gasteiger partial charge in [-0.05, 0) is 13.0 Å². The van der Waals surface area contributed by atoms with Crippen molar-refractivity contribution in [1.29, 1.82) is 0 Å². The molecule has 2 rings (SSSR count). The first-order chi connectivity index (χ1) is 7.85. The number of hydrogen-bond donors (Lipinski definition) is 1. The van der Waals surface area contributed by atoms with E-state index in [0.29, 0.717) is 17.2 Å². The monoisotopic (exact) mass is 248 g/mol. The molecule has 2 aromatic heterocycles. The van der Waals surface area contributed by atoms with E-state index in [1.807, 2.05) is 19.2 Å². The third-order valence-electron chi connectivity index (χ3n) is 2.07. The Morgan fingerprint density at radius 3 is 2.59 bits per heavy atom. The standard InChI is InChI=1S/C12H16N4S/c1-7-15-9-5-8(17-12(2,3)4)6-14-10(9)11(13)16-7/h5-6H,1-4H3,(H2,13,15,16). The summed E-state index contributed by atoms with van der Waals surface area (Å²) >= 11 is 1.76. The van der Waals surface area contributed by atoms with E-state index in [1.165, 1.54) is 0 Å². The second-order valence-corrected chi connectivity index (χ2v) is 6.81. The number of aryl methyl sites for hydroxylation is 1. The average Bonchev–Trinajstić information content (AvgIpc) is 2.13. The lowest BCUT2D eigenvalue weighted by molar-refractivity contribution is 0.802. The Bertz CT molecular complexity index is 560. The highest BCUT2D eigenvalue weighted by Crippen LogP contribution is 2.32. The van der Waals surface area contributed by atoms with Gasteiger partial charge in [-0.1, -0.05) is 20.8 Å². The zero-order valence-electron chi connectivity index (χ0n) is 10.5. The van der Waals surface area contributed by atoms with Crippen LogP contribution in [0.4, 0.5) is 5.82 Å². The van der Waals surface area contributed by atoms with E-state index in [1.54, 1.807) is 11.8 Å². The van der Waals surface area contributed by atoms with Crippen molar-refractivity contribution >= 4 is 28.6 Å². The van der Waals surface area contributed by atoms with Gasteiger partial charge in [0.05, 0.1) is 5.52 Å². The summed E-state index contributed by atoms with van der Waals surface area (Å²) in [6.45, 7) is 8.34. The van der Waals surface area contributed by atoms with E-state index in [-0.39, 0.29) is 4.75 Å². The van der Waals surface area contributed by atoms with Crippen LogP contribution in [0.1, 0.15) is 26.6 Å². The van der Waals surface area contributed by atoms with Gasteiger partial charge in [-0.3, -0.25) is 0 Å². The van der Waals surface area contributed by atoms with Crippen LogP contribution in [-0.2, 0) is 0 Å². The summed E-state index contributed by atoms with van der Waals surface area (Å²) < 4.78 is 0.156. The minimum Gasteiger partial charge on any atom is -0.382 e. The second-order valence-electron chi connectivity index (χ2n) is 4.91. The normalized spacial score (nSPS) is 12.0. The van der Waals surface area contributed by atoms with Crippen LogP contribution >= 0.6 is 11.8 Å². The summed E-state index contributed by atoms with van der Waals surface area (Å²) in [7, 11) is 0. The number of aromatic nitrogens is 3. The molecule has 0 saturated heterocycles. The molecule has 0 bridgehead atoms. The van der Waals surface area contributed by atoms with Crippen molar-refractivity contribution in [3.05, 3.63) is 18.1 Å². The van der Waals surface area contributed by atoms with Crippen LogP contribution in [0.2, 0.25) is 0 Å². The topological polar surface area (TPSA) is 64.7 Å². The van der Waals surface area contributed by atoms with E-state index in [0.717, 1.165) is 10.4 Å². The van der Waals surface area contributed by atoms with Crippen molar-refractivity contribution < 1.29 is 0 Å². The van der Waals surface area contributed by atoms with E-state index >= 15 is 0 Å². The summed E-state index contributed by atoms with van der Waals surface area (Å²) in [5, 5.41) is 0. The highest BCUT2D eigenvalue weighted by Gasteiger charge is 2.13. The van der Waals surface area contributed by atoms with Crippen molar-refractivity contribution in [2.45, 2.75) is 37.3 Å². The van der Waals surface area contributed by atoms with E-state index in [9.17, 15) is 0 Å². The van der Waals surface area contributed by atoms with Crippen molar-refractivity contribution in [3.8, 4) is 0 Å². The third kappa shape index (κ3) is 2.85. The minimum atomic E-state index is 0.156. The van der Waals surface area contributed by atoms with Gasteiger partial charge in [-0.25, -0.2) is 15.0 Å². The number of thioether (sulfide) groups is 1. The van der Waals surface area contributed by atoms with Crippen LogP contribution in [-0.4, -0.2) is 19.7 Å². The molecule has 0 aliphatic rings. The molecule has 2 heterocycles. The fourth-order valence-corrected chi connectivity index (χ4v) is 2.54. The Morgan fingerprint density at radius 1 is 1.24 bits per heavy atom. The first-order valence-electron chi connectivity index (χ1n) is 5.44. The fraction of sp³-hybridized carbons (Fsp3) is 0.417. The maximum atomic E-state index is 5.81. The summed E-state index contributed by atoms with van der Waals surface area (Å²) in [6.07, 6.45) is 1.83. The number of pyridine rings is 1. The zero-order valence-corrected chi connectivity index (χ0v) is 11.3. The molecule has 0 aliphatic heterocycles. The molecule has 5 heteroatoms. The Kier molecular flexibility index (Phi) is 2.95. The predicted octanol–water partition coefficient (Wildman–Crippen LogP) is 2.81. The number of nitrogens with two attached hydrogens (primary N) is 1. The highest BCUT2D eigenvalue weighted by molar-refractivity contribution is 8.00. The number of rotatable bonds is 1. The van der Waals surface area contributed by atoms with Crippen molar-refractivity contribution in [2.24, 2.45) is 0 Å². The van der Waals surface area contributed by atoms with Gasteiger partial charge >= 0.3 is 0 Å². The Morgan fingerprint density at radius 2 is 1.94 bits per heavy atom. The van der Waals surface area contributed by atoms with Crippen molar-refractivity contribution in [2.75, 3.05) is 5.73 Å². The number of anilines is 1. The van der Waals surface area contributed by atoms with Crippen LogP contribution in [0.15, 0.2) is 17.2 Å². The average molecular weight is 248 g/mol. The number of hydrogen-bond acceptors (Lipinski definition) is 5. The molecule has 0 radical (unpaired) electrons. The molecular formula is C12H16N4S. The fourth-order valence-electron chi connectivity index (χ4n) is 1.55. The van der Waals surface area contributed by atoms with Gasteiger partial charge in [-0.2, -0.15) is 0 Å². The molecular weight excluding hydrogens is 232 g/mol. The lowest BCUT2D eigenvalue weighted by Crippen LogP contribution is -2.07. The highest BCUT2D eigenvalue weighted by atomic mass is 32.2. The molecule has 0 fully saturated rings. The smallest absolute Gasteiger partial charge is 0.153 e. The molecule has 2 N–H and O–H groups in total. The molecule has 0 atom stereocenters. The molecule has 90 valence electrons. The maximum absolute atomic E-state index is 5.81. The zero-order chi connectivity index (χ0) is 12.6. The maximum Gasteiger partial charge on any atom is 0.153 e. The minimum absolute atomic E-state index is 0.156. The van der Waals surface area contributed by atoms with Gasteiger partial charge < -0.3 is 5.73 Å². The molecule has 0 spiro atoms. The molecule has 0 aliphatic carbocycles. The van der Waals surface area contributed by atoms with E-state index in [4.69, 9.17) is 5.73 Å². The van der Waals surface area contributed by atoms with Crippen molar-refractivity contribution in [1.82, 2.24) is 15.0 Å².